The van der Waals surface area contributed by atoms with Gasteiger partial charge in [0.15, 0.2) is 0 Å². The molecule has 0 saturated carbocycles. The highest BCUT2D eigenvalue weighted by Gasteiger charge is 2.22. The Morgan fingerprint density at radius 3 is 2.60 bits per heavy atom. The molecule has 0 atom stereocenters. The van der Waals surface area contributed by atoms with E-state index >= 15 is 0 Å². The molecule has 2 aromatic carbocycles. The number of aromatic amines is 1. The van der Waals surface area contributed by atoms with Crippen molar-refractivity contribution in [1.29, 1.82) is 0 Å². The van der Waals surface area contributed by atoms with Gasteiger partial charge in [-0.2, -0.15) is 0 Å². The number of H-pyrrole nitrogens is 1. The fraction of sp³-hybridized carbons (Fsp3) is 0.158. The summed E-state index contributed by atoms with van der Waals surface area (Å²) in [5.41, 5.74) is 4.10. The van der Waals surface area contributed by atoms with E-state index in [0.717, 1.165) is 47.1 Å². The van der Waals surface area contributed by atoms with Crippen molar-refractivity contribution in [2.75, 3.05) is 0 Å². The van der Waals surface area contributed by atoms with Crippen molar-refractivity contribution in [2.24, 2.45) is 5.16 Å². The fourth-order valence-corrected chi connectivity index (χ4v) is 3.75. The molecular weight excluding hydrogens is 359 g/mol. The molecule has 4 rings (SSSR count). The number of nitrogens with one attached hydrogen (secondary N) is 1. The Kier molecular flexibility index (Phi) is 4.24. The lowest BCUT2D eigenvalue weighted by atomic mass is 9.94. The van der Waals surface area contributed by atoms with Crippen LogP contribution in [0.25, 0.3) is 10.9 Å². The predicted molar refractivity (Wildman–Crippen MR) is 99.7 cm³/mol. The number of nitrogens with zero attached hydrogens (tertiary/aromatic N) is 1. The summed E-state index contributed by atoms with van der Waals surface area (Å²) in [5.74, 6) is -0.657. The summed E-state index contributed by atoms with van der Waals surface area (Å²) >= 11 is 12.1. The number of hydrogen-bond donors (Lipinski definition) is 1. The van der Waals surface area contributed by atoms with E-state index in [1.165, 1.54) is 0 Å². The number of carbonyl (C=O) groups is 1. The number of fused-ring (bicyclic) bond motifs is 3. The van der Waals surface area contributed by atoms with E-state index in [2.05, 4.69) is 10.1 Å². The largest absolute Gasteiger partial charge is 0.368 e. The minimum atomic E-state index is -0.657. The summed E-state index contributed by atoms with van der Waals surface area (Å²) in [5, 5.41) is 5.71. The van der Waals surface area contributed by atoms with Gasteiger partial charge in [-0.1, -0.05) is 52.6 Å². The first-order chi connectivity index (χ1) is 12.1. The van der Waals surface area contributed by atoms with Gasteiger partial charge in [0.25, 0.3) is 0 Å². The van der Waals surface area contributed by atoms with Crippen LogP contribution in [0.1, 0.15) is 34.5 Å². The molecule has 4 nitrogen and oxygen atoms in total. The summed E-state index contributed by atoms with van der Waals surface area (Å²) in [6.07, 6.45) is 2.65. The van der Waals surface area contributed by atoms with Crippen molar-refractivity contribution < 1.29 is 9.63 Å². The molecule has 0 radical (unpaired) electrons. The number of oxime groups is 1. The highest BCUT2D eigenvalue weighted by Crippen LogP contribution is 2.30. The summed E-state index contributed by atoms with van der Waals surface area (Å²) in [6.45, 7) is 0. The van der Waals surface area contributed by atoms with Gasteiger partial charge in [-0.25, -0.2) is 4.79 Å². The van der Waals surface area contributed by atoms with Crippen LogP contribution < -0.4 is 0 Å². The second-order valence-corrected chi connectivity index (χ2v) is 6.71. The van der Waals surface area contributed by atoms with Gasteiger partial charge in [-0.3, -0.25) is 0 Å². The third-order valence-electron chi connectivity index (χ3n) is 4.32. The van der Waals surface area contributed by atoms with Crippen LogP contribution in [0, 0.1) is 0 Å². The van der Waals surface area contributed by atoms with Gasteiger partial charge in [0.2, 0.25) is 0 Å². The van der Waals surface area contributed by atoms with Crippen molar-refractivity contribution in [1.82, 2.24) is 4.98 Å². The summed E-state index contributed by atoms with van der Waals surface area (Å²) < 4.78 is 0. The van der Waals surface area contributed by atoms with Gasteiger partial charge in [-0.05, 0) is 37.5 Å². The predicted octanol–water partition coefficient (Wildman–Crippen LogP) is 5.37. The molecule has 0 saturated heterocycles. The lowest BCUT2D eigenvalue weighted by molar-refractivity contribution is 0.0516. The Labute approximate surface area is 154 Å². The van der Waals surface area contributed by atoms with Gasteiger partial charge in [-0.15, -0.1) is 0 Å². The van der Waals surface area contributed by atoms with Crippen molar-refractivity contribution in [3.8, 4) is 0 Å². The topological polar surface area (TPSA) is 54.4 Å². The average Bonchev–Trinajstić information content (AvgIpc) is 2.99. The van der Waals surface area contributed by atoms with Crippen LogP contribution in [0.5, 0.6) is 0 Å². The van der Waals surface area contributed by atoms with Gasteiger partial charge < -0.3 is 9.82 Å². The average molecular weight is 373 g/mol. The zero-order valence-corrected chi connectivity index (χ0v) is 14.7. The molecule has 1 heterocycles. The summed E-state index contributed by atoms with van der Waals surface area (Å²) in [7, 11) is 0. The first-order valence-electron chi connectivity index (χ1n) is 7.97. The van der Waals surface area contributed by atoms with Gasteiger partial charge in [0, 0.05) is 22.2 Å². The Morgan fingerprint density at radius 2 is 1.80 bits per heavy atom. The maximum atomic E-state index is 12.3. The molecule has 0 aliphatic heterocycles. The molecule has 1 aromatic heterocycles. The Balaban J connectivity index is 1.69. The molecule has 0 spiro atoms. The molecule has 1 N–H and O–H groups in total. The second kappa shape index (κ2) is 6.54. The highest BCUT2D eigenvalue weighted by atomic mass is 35.5. The molecule has 0 bridgehead atoms. The van der Waals surface area contributed by atoms with Crippen molar-refractivity contribution in [2.45, 2.75) is 19.3 Å². The van der Waals surface area contributed by atoms with Crippen LogP contribution in [-0.2, 0) is 11.3 Å². The summed E-state index contributed by atoms with van der Waals surface area (Å²) in [6, 6.07) is 12.9. The Hall–Kier alpha value is -2.30. The number of rotatable bonds is 2. The minimum absolute atomic E-state index is 0.130. The maximum Gasteiger partial charge on any atom is 0.368 e. The molecule has 1 aliphatic carbocycles. The van der Waals surface area contributed by atoms with Crippen molar-refractivity contribution in [3.63, 3.8) is 0 Å². The van der Waals surface area contributed by atoms with Crippen LogP contribution in [0.3, 0.4) is 0 Å². The van der Waals surface area contributed by atoms with Gasteiger partial charge in [0.1, 0.15) is 0 Å². The third-order valence-corrected chi connectivity index (χ3v) is 4.95. The van der Waals surface area contributed by atoms with E-state index in [0.29, 0.717) is 0 Å². The molecule has 3 aromatic rings. The molecule has 1 aliphatic rings. The molecule has 0 unspecified atom stereocenters. The molecule has 126 valence electrons. The van der Waals surface area contributed by atoms with Crippen LogP contribution in [0.2, 0.25) is 10.0 Å². The van der Waals surface area contributed by atoms with Gasteiger partial charge >= 0.3 is 5.97 Å². The SMILES string of the molecule is O=C(ON=C1CCCc2[nH]c3ccccc3c21)c1c(Cl)cccc1Cl. The number of aromatic nitrogens is 1. The molecule has 6 heteroatoms. The van der Waals surface area contributed by atoms with E-state index in [1.807, 2.05) is 24.3 Å². The lowest BCUT2D eigenvalue weighted by Crippen LogP contribution is -2.13. The van der Waals surface area contributed by atoms with Crippen LogP contribution in [0.4, 0.5) is 0 Å². The van der Waals surface area contributed by atoms with Crippen LogP contribution in [0.15, 0.2) is 47.6 Å². The maximum absolute atomic E-state index is 12.3. The Bertz CT molecular complexity index is 988. The quantitative estimate of drug-likeness (QED) is 0.485. The molecular formula is C19H14Cl2N2O2. The zero-order valence-electron chi connectivity index (χ0n) is 13.2. The highest BCUT2D eigenvalue weighted by molar-refractivity contribution is 6.39. The first kappa shape index (κ1) is 16.2. The molecule has 0 amide bonds. The first-order valence-corrected chi connectivity index (χ1v) is 8.73. The minimum Gasteiger partial charge on any atom is -0.358 e. The number of hydrogen-bond acceptors (Lipinski definition) is 3. The fourth-order valence-electron chi connectivity index (χ4n) is 3.20. The second-order valence-electron chi connectivity index (χ2n) is 5.89. The molecule has 0 fully saturated rings. The van der Waals surface area contributed by atoms with E-state index in [9.17, 15) is 4.79 Å². The van der Waals surface area contributed by atoms with Crippen LogP contribution in [-0.4, -0.2) is 16.7 Å². The van der Waals surface area contributed by atoms with Crippen LogP contribution >= 0.6 is 23.2 Å². The zero-order chi connectivity index (χ0) is 17.4. The van der Waals surface area contributed by atoms with E-state index in [1.54, 1.807) is 18.2 Å². The molecule has 25 heavy (non-hydrogen) atoms. The number of carbonyl (C=O) groups excluding carboxylic acids is 1. The monoisotopic (exact) mass is 372 g/mol. The normalized spacial score (nSPS) is 15.4. The Morgan fingerprint density at radius 1 is 1.04 bits per heavy atom. The summed E-state index contributed by atoms with van der Waals surface area (Å²) in [4.78, 5) is 20.9. The standard InChI is InChI=1S/C19H14Cl2N2O2/c20-12-6-3-7-13(21)18(12)19(24)25-23-16-10-4-9-15-17(16)11-5-1-2-8-14(11)22-15/h1-3,5-8,22H,4,9-10H2. The lowest BCUT2D eigenvalue weighted by Gasteiger charge is -2.13. The number of aryl methyl sites for hydroxylation is 1. The van der Waals surface area contributed by atoms with Crippen molar-refractivity contribution in [3.05, 3.63) is 69.3 Å². The number of para-hydroxylation sites is 1. The van der Waals surface area contributed by atoms with E-state index in [4.69, 9.17) is 28.0 Å². The third kappa shape index (κ3) is 2.92. The number of benzene rings is 2. The number of halogens is 2. The smallest absolute Gasteiger partial charge is 0.358 e. The van der Waals surface area contributed by atoms with Crippen molar-refractivity contribution >= 4 is 45.8 Å². The van der Waals surface area contributed by atoms with E-state index < -0.39 is 5.97 Å². The van der Waals surface area contributed by atoms with E-state index in [-0.39, 0.29) is 15.6 Å². The van der Waals surface area contributed by atoms with Gasteiger partial charge in [0.05, 0.1) is 21.3 Å².